The van der Waals surface area contributed by atoms with E-state index < -0.39 is 0 Å². The zero-order valence-electron chi connectivity index (χ0n) is 14.2. The number of hydrogen-bond acceptors (Lipinski definition) is 3. The molecule has 1 aliphatic rings. The van der Waals surface area contributed by atoms with Gasteiger partial charge in [-0.15, -0.1) is 0 Å². The van der Waals surface area contributed by atoms with E-state index in [0.717, 1.165) is 36.5 Å². The molecule has 3 rings (SSSR count). The zero-order chi connectivity index (χ0) is 17.0. The molecule has 2 amide bonds. The number of likely N-dealkylation sites (tertiary alicyclic amines) is 1. The van der Waals surface area contributed by atoms with Crippen molar-refractivity contribution in [1.29, 1.82) is 0 Å². The molecule has 5 nitrogen and oxygen atoms in total. The molecule has 1 aromatic heterocycles. The fourth-order valence-corrected chi connectivity index (χ4v) is 3.16. The average molecular weight is 324 g/mol. The van der Waals surface area contributed by atoms with E-state index in [9.17, 15) is 4.79 Å². The molecule has 2 N–H and O–H groups in total. The van der Waals surface area contributed by atoms with Crippen LogP contribution in [-0.4, -0.2) is 42.6 Å². The lowest BCUT2D eigenvalue weighted by atomic mass is 9.90. The van der Waals surface area contributed by atoms with Gasteiger partial charge in [0.2, 0.25) is 0 Å². The van der Waals surface area contributed by atoms with Gasteiger partial charge in [0.15, 0.2) is 0 Å². The Morgan fingerprint density at radius 2 is 2.08 bits per heavy atom. The summed E-state index contributed by atoms with van der Waals surface area (Å²) < 4.78 is 0. The number of anilines is 1. The lowest BCUT2D eigenvalue weighted by Crippen LogP contribution is -2.39. The van der Waals surface area contributed by atoms with Crippen LogP contribution >= 0.6 is 0 Å². The SMILES string of the molecule is CN1CCC(C)(CNC(=O)Nc2ccnc(-c3ccccc3)c2)C1. The Bertz CT molecular complexity index is 704. The highest BCUT2D eigenvalue weighted by Gasteiger charge is 2.32. The number of rotatable bonds is 4. The van der Waals surface area contributed by atoms with Crippen molar-refractivity contribution in [2.75, 3.05) is 32.0 Å². The second kappa shape index (κ2) is 7.01. The molecule has 0 saturated carbocycles. The third-order valence-electron chi connectivity index (χ3n) is 4.51. The highest BCUT2D eigenvalue weighted by Crippen LogP contribution is 2.27. The van der Waals surface area contributed by atoms with Gasteiger partial charge < -0.3 is 15.5 Å². The molecule has 0 bridgehead atoms. The molecule has 0 aliphatic carbocycles. The topological polar surface area (TPSA) is 57.3 Å². The Hall–Kier alpha value is -2.40. The number of nitrogens with zero attached hydrogens (tertiary/aromatic N) is 2. The molecule has 1 atom stereocenters. The number of benzene rings is 1. The molecule has 2 heterocycles. The first-order valence-electron chi connectivity index (χ1n) is 8.29. The summed E-state index contributed by atoms with van der Waals surface area (Å²) >= 11 is 0. The van der Waals surface area contributed by atoms with E-state index in [-0.39, 0.29) is 11.4 Å². The molecular formula is C19H24N4O. The van der Waals surface area contributed by atoms with E-state index in [0.29, 0.717) is 6.54 Å². The zero-order valence-corrected chi connectivity index (χ0v) is 14.2. The van der Waals surface area contributed by atoms with E-state index in [2.05, 4.69) is 34.5 Å². The molecule has 126 valence electrons. The second-order valence-corrected chi connectivity index (χ2v) is 6.90. The van der Waals surface area contributed by atoms with Gasteiger partial charge in [0.25, 0.3) is 0 Å². The van der Waals surface area contributed by atoms with Crippen LogP contribution in [0.25, 0.3) is 11.3 Å². The monoisotopic (exact) mass is 324 g/mol. The minimum absolute atomic E-state index is 0.152. The van der Waals surface area contributed by atoms with Gasteiger partial charge in [0.05, 0.1) is 5.69 Å². The van der Waals surface area contributed by atoms with Crippen molar-refractivity contribution in [2.45, 2.75) is 13.3 Å². The normalized spacial score (nSPS) is 20.8. The number of aromatic nitrogens is 1. The summed E-state index contributed by atoms with van der Waals surface area (Å²) in [5.74, 6) is 0. The summed E-state index contributed by atoms with van der Waals surface area (Å²) in [5, 5.41) is 5.90. The van der Waals surface area contributed by atoms with Crippen molar-refractivity contribution >= 4 is 11.7 Å². The van der Waals surface area contributed by atoms with Crippen LogP contribution in [0.5, 0.6) is 0 Å². The maximum absolute atomic E-state index is 12.2. The highest BCUT2D eigenvalue weighted by molar-refractivity contribution is 5.89. The number of amides is 2. The standard InChI is InChI=1S/C19H24N4O/c1-19(9-11-23(2)14-19)13-21-18(24)22-16-8-10-20-17(12-16)15-6-4-3-5-7-15/h3-8,10,12H,9,11,13-14H2,1-2H3,(H2,20,21,22,24). The van der Waals surface area contributed by atoms with E-state index >= 15 is 0 Å². The van der Waals surface area contributed by atoms with Crippen LogP contribution in [0.4, 0.5) is 10.5 Å². The van der Waals surface area contributed by atoms with Gasteiger partial charge in [-0.25, -0.2) is 4.79 Å². The minimum atomic E-state index is -0.170. The second-order valence-electron chi connectivity index (χ2n) is 6.90. The quantitative estimate of drug-likeness (QED) is 0.908. The number of urea groups is 1. The van der Waals surface area contributed by atoms with Gasteiger partial charge in [-0.05, 0) is 37.6 Å². The molecule has 0 radical (unpaired) electrons. The summed E-state index contributed by atoms with van der Waals surface area (Å²) in [6.07, 6.45) is 2.82. The predicted octanol–water partition coefficient (Wildman–Crippen LogP) is 3.21. The van der Waals surface area contributed by atoms with Gasteiger partial charge in [-0.2, -0.15) is 0 Å². The molecule has 1 fully saturated rings. The van der Waals surface area contributed by atoms with Crippen molar-refractivity contribution in [2.24, 2.45) is 5.41 Å². The Morgan fingerprint density at radius 3 is 2.79 bits per heavy atom. The van der Waals surface area contributed by atoms with Gasteiger partial charge in [0.1, 0.15) is 0 Å². The number of pyridine rings is 1. The van der Waals surface area contributed by atoms with Crippen LogP contribution in [0, 0.1) is 5.41 Å². The fourth-order valence-electron chi connectivity index (χ4n) is 3.16. The van der Waals surface area contributed by atoms with Gasteiger partial charge in [-0.3, -0.25) is 4.98 Å². The Morgan fingerprint density at radius 1 is 1.29 bits per heavy atom. The molecule has 0 spiro atoms. The molecule has 24 heavy (non-hydrogen) atoms. The van der Waals surface area contributed by atoms with Crippen molar-refractivity contribution in [3.63, 3.8) is 0 Å². The Labute approximate surface area is 143 Å². The lowest BCUT2D eigenvalue weighted by Gasteiger charge is -2.24. The van der Waals surface area contributed by atoms with E-state index in [4.69, 9.17) is 0 Å². The largest absolute Gasteiger partial charge is 0.337 e. The van der Waals surface area contributed by atoms with E-state index in [1.54, 1.807) is 12.3 Å². The molecule has 1 saturated heterocycles. The first-order valence-corrected chi connectivity index (χ1v) is 8.29. The lowest BCUT2D eigenvalue weighted by molar-refractivity contribution is 0.241. The molecular weight excluding hydrogens is 300 g/mol. The third-order valence-corrected chi connectivity index (χ3v) is 4.51. The van der Waals surface area contributed by atoms with Crippen LogP contribution in [0.2, 0.25) is 0 Å². The molecule has 1 aliphatic heterocycles. The number of carbonyl (C=O) groups is 1. The molecule has 1 aromatic carbocycles. The van der Waals surface area contributed by atoms with Crippen LogP contribution in [0.1, 0.15) is 13.3 Å². The van der Waals surface area contributed by atoms with Crippen LogP contribution < -0.4 is 10.6 Å². The van der Waals surface area contributed by atoms with Crippen molar-refractivity contribution in [3.05, 3.63) is 48.7 Å². The first kappa shape index (κ1) is 16.5. The van der Waals surface area contributed by atoms with Crippen molar-refractivity contribution in [1.82, 2.24) is 15.2 Å². The van der Waals surface area contributed by atoms with Gasteiger partial charge >= 0.3 is 6.03 Å². The summed E-state index contributed by atoms with van der Waals surface area (Å²) in [6.45, 7) is 5.00. The summed E-state index contributed by atoms with van der Waals surface area (Å²) in [7, 11) is 2.12. The summed E-state index contributed by atoms with van der Waals surface area (Å²) in [5.41, 5.74) is 2.77. The summed E-state index contributed by atoms with van der Waals surface area (Å²) in [4.78, 5) is 18.9. The summed E-state index contributed by atoms with van der Waals surface area (Å²) in [6, 6.07) is 13.5. The van der Waals surface area contributed by atoms with Crippen LogP contribution in [0.3, 0.4) is 0 Å². The molecule has 1 unspecified atom stereocenters. The van der Waals surface area contributed by atoms with Crippen LogP contribution in [0.15, 0.2) is 48.7 Å². The van der Waals surface area contributed by atoms with E-state index in [1.165, 1.54) is 0 Å². The van der Waals surface area contributed by atoms with Crippen LogP contribution in [-0.2, 0) is 0 Å². The Balaban J connectivity index is 1.59. The minimum Gasteiger partial charge on any atom is -0.337 e. The van der Waals surface area contributed by atoms with Crippen molar-refractivity contribution in [3.8, 4) is 11.3 Å². The highest BCUT2D eigenvalue weighted by atomic mass is 16.2. The maximum Gasteiger partial charge on any atom is 0.319 e. The maximum atomic E-state index is 12.2. The van der Waals surface area contributed by atoms with Crippen molar-refractivity contribution < 1.29 is 4.79 Å². The smallest absolute Gasteiger partial charge is 0.319 e. The number of nitrogens with one attached hydrogen (secondary N) is 2. The Kier molecular flexibility index (Phi) is 4.81. The third kappa shape index (κ3) is 4.11. The average Bonchev–Trinajstić information content (AvgIpc) is 2.94. The molecule has 5 heteroatoms. The number of hydrogen-bond donors (Lipinski definition) is 2. The predicted molar refractivity (Wildman–Crippen MR) is 96.9 cm³/mol. The van der Waals surface area contributed by atoms with Gasteiger partial charge in [-0.1, -0.05) is 37.3 Å². The number of carbonyl (C=O) groups excluding carboxylic acids is 1. The first-order chi connectivity index (χ1) is 11.5. The van der Waals surface area contributed by atoms with Gasteiger partial charge in [0, 0.05) is 30.5 Å². The van der Waals surface area contributed by atoms with E-state index in [1.807, 2.05) is 36.4 Å². The fraction of sp³-hybridized carbons (Fsp3) is 0.368. The molecule has 2 aromatic rings.